The predicted octanol–water partition coefficient (Wildman–Crippen LogP) is 1.24. The Bertz CT molecular complexity index is 477. The zero-order chi connectivity index (χ0) is 11.9. The highest BCUT2D eigenvalue weighted by atomic mass is 16.5. The van der Waals surface area contributed by atoms with Gasteiger partial charge in [0.1, 0.15) is 5.75 Å². The normalized spacial score (nSPS) is 17.7. The summed E-state index contributed by atoms with van der Waals surface area (Å²) >= 11 is 0. The molecule has 0 aromatic heterocycles. The molecule has 0 bridgehead atoms. The number of ether oxygens (including phenoxy) is 1. The minimum Gasteiger partial charge on any atom is -0.497 e. The summed E-state index contributed by atoms with van der Waals surface area (Å²) in [5.74, 6) is -0.0209. The molecule has 0 radical (unpaired) electrons. The quantitative estimate of drug-likeness (QED) is 0.723. The SMILES string of the molecule is COc1ccc2c(c1)C(=O)NC(=O)C2(C)C. The van der Waals surface area contributed by atoms with Gasteiger partial charge >= 0.3 is 0 Å². The largest absolute Gasteiger partial charge is 0.497 e. The molecule has 0 unspecified atom stereocenters. The Balaban J connectivity index is 2.64. The number of carbonyl (C=O) groups is 2. The Morgan fingerprint density at radius 2 is 1.94 bits per heavy atom. The van der Waals surface area contributed by atoms with Gasteiger partial charge in [-0.15, -0.1) is 0 Å². The fourth-order valence-electron chi connectivity index (χ4n) is 1.83. The number of fused-ring (bicyclic) bond motifs is 1. The number of benzene rings is 1. The van der Waals surface area contributed by atoms with E-state index in [0.717, 1.165) is 5.56 Å². The van der Waals surface area contributed by atoms with Crippen LogP contribution in [0.5, 0.6) is 5.75 Å². The maximum Gasteiger partial charge on any atom is 0.258 e. The van der Waals surface area contributed by atoms with Gasteiger partial charge in [0.05, 0.1) is 12.5 Å². The minimum absolute atomic E-state index is 0.268. The summed E-state index contributed by atoms with van der Waals surface area (Å²) in [7, 11) is 1.54. The first-order valence-electron chi connectivity index (χ1n) is 5.01. The Hall–Kier alpha value is -1.84. The lowest BCUT2D eigenvalue weighted by Gasteiger charge is -2.30. The highest BCUT2D eigenvalue weighted by molar-refractivity contribution is 6.13. The number of nitrogens with one attached hydrogen (secondary N) is 1. The lowest BCUT2D eigenvalue weighted by atomic mass is 9.78. The van der Waals surface area contributed by atoms with E-state index in [-0.39, 0.29) is 11.8 Å². The lowest BCUT2D eigenvalue weighted by molar-refractivity contribution is -0.125. The summed E-state index contributed by atoms with van der Waals surface area (Å²) in [6.45, 7) is 3.58. The van der Waals surface area contributed by atoms with E-state index >= 15 is 0 Å². The minimum atomic E-state index is -0.685. The van der Waals surface area contributed by atoms with Gasteiger partial charge in [-0.1, -0.05) is 6.07 Å². The molecule has 4 nitrogen and oxygen atoms in total. The van der Waals surface area contributed by atoms with Gasteiger partial charge in [-0.3, -0.25) is 14.9 Å². The molecule has 1 aliphatic rings. The summed E-state index contributed by atoms with van der Waals surface area (Å²) < 4.78 is 5.06. The monoisotopic (exact) mass is 219 g/mol. The van der Waals surface area contributed by atoms with Crippen molar-refractivity contribution in [3.05, 3.63) is 29.3 Å². The van der Waals surface area contributed by atoms with E-state index in [9.17, 15) is 9.59 Å². The Morgan fingerprint density at radius 3 is 2.56 bits per heavy atom. The van der Waals surface area contributed by atoms with Crippen molar-refractivity contribution in [3.63, 3.8) is 0 Å². The first kappa shape index (κ1) is 10.7. The van der Waals surface area contributed by atoms with Gasteiger partial charge in [0.25, 0.3) is 5.91 Å². The molecule has 1 aromatic rings. The van der Waals surface area contributed by atoms with Crippen LogP contribution in [0, 0.1) is 0 Å². The first-order valence-corrected chi connectivity index (χ1v) is 5.01. The van der Waals surface area contributed by atoms with Crippen LogP contribution in [0.4, 0.5) is 0 Å². The average Bonchev–Trinajstić information content (AvgIpc) is 2.26. The average molecular weight is 219 g/mol. The molecule has 0 spiro atoms. The number of imide groups is 1. The molecule has 84 valence electrons. The third-order valence-electron chi connectivity index (χ3n) is 2.94. The molecule has 1 aromatic carbocycles. The predicted molar refractivity (Wildman–Crippen MR) is 58.5 cm³/mol. The molecule has 16 heavy (non-hydrogen) atoms. The van der Waals surface area contributed by atoms with Gasteiger partial charge in [0, 0.05) is 5.56 Å². The van der Waals surface area contributed by atoms with Gasteiger partial charge in [0.15, 0.2) is 0 Å². The lowest BCUT2D eigenvalue weighted by Crippen LogP contribution is -2.48. The smallest absolute Gasteiger partial charge is 0.258 e. The van der Waals surface area contributed by atoms with Crippen molar-refractivity contribution in [1.29, 1.82) is 0 Å². The van der Waals surface area contributed by atoms with Crippen LogP contribution in [0.2, 0.25) is 0 Å². The second kappa shape index (κ2) is 3.33. The van der Waals surface area contributed by atoms with Crippen molar-refractivity contribution in [3.8, 4) is 5.75 Å². The fraction of sp³-hybridized carbons (Fsp3) is 0.333. The Labute approximate surface area is 93.6 Å². The third kappa shape index (κ3) is 1.38. The van der Waals surface area contributed by atoms with Crippen LogP contribution in [0.1, 0.15) is 29.8 Å². The zero-order valence-corrected chi connectivity index (χ0v) is 9.46. The number of amides is 2. The Morgan fingerprint density at radius 1 is 1.25 bits per heavy atom. The van der Waals surface area contributed by atoms with Crippen molar-refractivity contribution >= 4 is 11.8 Å². The van der Waals surface area contributed by atoms with Crippen molar-refractivity contribution < 1.29 is 14.3 Å². The second-order valence-electron chi connectivity index (χ2n) is 4.32. The van der Waals surface area contributed by atoms with E-state index in [4.69, 9.17) is 4.74 Å². The summed E-state index contributed by atoms with van der Waals surface area (Å²) in [6.07, 6.45) is 0. The topological polar surface area (TPSA) is 55.4 Å². The first-order chi connectivity index (χ1) is 7.46. The molecule has 0 saturated carbocycles. The van der Waals surface area contributed by atoms with Crippen molar-refractivity contribution in [1.82, 2.24) is 5.32 Å². The number of hydrogen-bond acceptors (Lipinski definition) is 3. The molecule has 0 fully saturated rings. The number of rotatable bonds is 1. The van der Waals surface area contributed by atoms with Crippen LogP contribution in [-0.2, 0) is 10.2 Å². The highest BCUT2D eigenvalue weighted by Crippen LogP contribution is 2.32. The van der Waals surface area contributed by atoms with Gasteiger partial charge < -0.3 is 4.74 Å². The number of carbonyl (C=O) groups excluding carboxylic acids is 2. The standard InChI is InChI=1S/C12H13NO3/c1-12(2)9-5-4-7(16-3)6-8(9)10(14)13-11(12)15/h4-6H,1-3H3,(H,13,14,15). The van der Waals surface area contributed by atoms with Crippen molar-refractivity contribution in [2.24, 2.45) is 0 Å². The van der Waals surface area contributed by atoms with Gasteiger partial charge in [-0.25, -0.2) is 0 Å². The highest BCUT2D eigenvalue weighted by Gasteiger charge is 2.39. The van der Waals surface area contributed by atoms with Crippen LogP contribution < -0.4 is 10.1 Å². The van der Waals surface area contributed by atoms with Gasteiger partial charge in [0.2, 0.25) is 5.91 Å². The molecule has 0 saturated heterocycles. The van der Waals surface area contributed by atoms with Crippen LogP contribution in [0.3, 0.4) is 0 Å². The maximum absolute atomic E-state index is 11.7. The van der Waals surface area contributed by atoms with E-state index in [1.165, 1.54) is 0 Å². The van der Waals surface area contributed by atoms with Gasteiger partial charge in [-0.2, -0.15) is 0 Å². The molecule has 0 aliphatic carbocycles. The van der Waals surface area contributed by atoms with Crippen LogP contribution >= 0.6 is 0 Å². The fourth-order valence-corrected chi connectivity index (χ4v) is 1.83. The maximum atomic E-state index is 11.7. The summed E-state index contributed by atoms with van der Waals surface area (Å²) in [5.41, 5.74) is 0.557. The van der Waals surface area contributed by atoms with E-state index in [1.54, 1.807) is 39.2 Å². The van der Waals surface area contributed by atoms with Gasteiger partial charge in [-0.05, 0) is 31.5 Å². The molecule has 1 N–H and O–H groups in total. The molecule has 1 heterocycles. The van der Waals surface area contributed by atoms with Crippen LogP contribution in [-0.4, -0.2) is 18.9 Å². The van der Waals surface area contributed by atoms with Crippen LogP contribution in [0.15, 0.2) is 18.2 Å². The van der Waals surface area contributed by atoms with E-state index in [2.05, 4.69) is 5.32 Å². The van der Waals surface area contributed by atoms with E-state index < -0.39 is 5.41 Å². The zero-order valence-electron chi connectivity index (χ0n) is 9.46. The van der Waals surface area contributed by atoms with Crippen LogP contribution in [0.25, 0.3) is 0 Å². The second-order valence-corrected chi connectivity index (χ2v) is 4.32. The van der Waals surface area contributed by atoms with Crippen molar-refractivity contribution in [2.75, 3.05) is 7.11 Å². The number of hydrogen-bond donors (Lipinski definition) is 1. The van der Waals surface area contributed by atoms with E-state index in [1.807, 2.05) is 0 Å². The van der Waals surface area contributed by atoms with Crippen molar-refractivity contribution in [2.45, 2.75) is 19.3 Å². The molecule has 2 amide bonds. The summed E-state index contributed by atoms with van der Waals surface area (Å²) in [6, 6.07) is 5.18. The molecule has 2 rings (SSSR count). The third-order valence-corrected chi connectivity index (χ3v) is 2.94. The number of methoxy groups -OCH3 is 1. The Kier molecular flexibility index (Phi) is 2.22. The molecular formula is C12H13NO3. The molecular weight excluding hydrogens is 206 g/mol. The summed E-state index contributed by atoms with van der Waals surface area (Å²) in [4.78, 5) is 23.3. The molecule has 4 heteroatoms. The molecule has 0 atom stereocenters. The summed E-state index contributed by atoms with van der Waals surface area (Å²) in [5, 5.41) is 2.34. The molecule has 1 aliphatic heterocycles. The van der Waals surface area contributed by atoms with E-state index in [0.29, 0.717) is 11.3 Å².